The molecular formula is C20H18ClN3O3. The van der Waals surface area contributed by atoms with E-state index in [9.17, 15) is 14.7 Å². The Kier molecular flexibility index (Phi) is 5.28. The number of halogens is 1. The van der Waals surface area contributed by atoms with Gasteiger partial charge in [-0.1, -0.05) is 41.9 Å². The fourth-order valence-electron chi connectivity index (χ4n) is 2.77. The molecule has 0 aliphatic heterocycles. The third kappa shape index (κ3) is 3.71. The summed E-state index contributed by atoms with van der Waals surface area (Å²) in [5, 5.41) is 17.1. The van der Waals surface area contributed by atoms with Crippen molar-refractivity contribution < 1.29 is 9.90 Å². The van der Waals surface area contributed by atoms with Gasteiger partial charge in [-0.3, -0.25) is 9.59 Å². The molecule has 3 aromatic rings. The molecule has 0 spiro atoms. The summed E-state index contributed by atoms with van der Waals surface area (Å²) in [5.74, 6) is -0.353. The van der Waals surface area contributed by atoms with E-state index in [0.717, 1.165) is 5.56 Å². The van der Waals surface area contributed by atoms with Gasteiger partial charge in [-0.2, -0.15) is 5.10 Å². The van der Waals surface area contributed by atoms with Crippen LogP contribution < -0.4 is 10.9 Å². The first-order valence-corrected chi connectivity index (χ1v) is 8.77. The highest BCUT2D eigenvalue weighted by Crippen LogP contribution is 2.30. The molecular weight excluding hydrogens is 366 g/mol. The lowest BCUT2D eigenvalue weighted by Crippen LogP contribution is -2.28. The number of carbonyl (C=O) groups excluding carboxylic acids is 1. The van der Waals surface area contributed by atoms with E-state index >= 15 is 0 Å². The van der Waals surface area contributed by atoms with Gasteiger partial charge in [-0.15, -0.1) is 0 Å². The van der Waals surface area contributed by atoms with E-state index in [1.165, 1.54) is 23.7 Å². The molecule has 6 nitrogen and oxygen atoms in total. The van der Waals surface area contributed by atoms with Crippen molar-refractivity contribution in [2.45, 2.75) is 20.4 Å². The average molecular weight is 384 g/mol. The van der Waals surface area contributed by atoms with Crippen LogP contribution in [0.1, 0.15) is 24.2 Å². The summed E-state index contributed by atoms with van der Waals surface area (Å²) in [6, 6.07) is 13.7. The van der Waals surface area contributed by atoms with Gasteiger partial charge < -0.3 is 10.4 Å². The highest BCUT2D eigenvalue weighted by atomic mass is 35.5. The standard InChI is InChI=1S/C20H18ClN3O3/c1-3-24-20(27)19(22-14-9-10-16(26)15(21)11-14)17(12(2)25)18(23-24)13-7-5-4-6-8-13/h4-11,22,26H,3H2,1-2H3. The van der Waals surface area contributed by atoms with Gasteiger partial charge in [0, 0.05) is 17.8 Å². The van der Waals surface area contributed by atoms with Crippen molar-refractivity contribution >= 4 is 28.8 Å². The van der Waals surface area contributed by atoms with Crippen molar-refractivity contribution in [1.29, 1.82) is 0 Å². The number of aromatic hydroxyl groups is 1. The first-order valence-electron chi connectivity index (χ1n) is 8.39. The van der Waals surface area contributed by atoms with Crippen LogP contribution in [-0.2, 0) is 6.54 Å². The lowest BCUT2D eigenvalue weighted by atomic mass is 10.0. The van der Waals surface area contributed by atoms with Crippen molar-refractivity contribution in [2.75, 3.05) is 5.32 Å². The summed E-state index contributed by atoms with van der Waals surface area (Å²) in [4.78, 5) is 25.3. The van der Waals surface area contributed by atoms with Crippen molar-refractivity contribution in [2.24, 2.45) is 0 Å². The number of phenols is 1. The van der Waals surface area contributed by atoms with Gasteiger partial charge in [-0.05, 0) is 32.0 Å². The minimum Gasteiger partial charge on any atom is -0.506 e. The Bertz CT molecular complexity index is 1060. The Morgan fingerprint density at radius 3 is 2.52 bits per heavy atom. The largest absolute Gasteiger partial charge is 0.506 e. The number of hydrogen-bond donors (Lipinski definition) is 2. The molecule has 0 atom stereocenters. The molecule has 0 bridgehead atoms. The Balaban J connectivity index is 2.26. The van der Waals surface area contributed by atoms with Crippen molar-refractivity contribution in [3.63, 3.8) is 0 Å². The molecule has 2 N–H and O–H groups in total. The van der Waals surface area contributed by atoms with Gasteiger partial charge >= 0.3 is 0 Å². The van der Waals surface area contributed by atoms with Gasteiger partial charge in [0.1, 0.15) is 17.1 Å². The minimum absolute atomic E-state index is 0.0697. The number of hydrogen-bond acceptors (Lipinski definition) is 5. The molecule has 0 saturated carbocycles. The van der Waals surface area contributed by atoms with Crippen LogP contribution in [0.5, 0.6) is 5.75 Å². The molecule has 0 radical (unpaired) electrons. The number of aryl methyl sites for hydroxylation is 1. The first-order chi connectivity index (χ1) is 12.9. The van der Waals surface area contributed by atoms with Gasteiger partial charge in [0.15, 0.2) is 5.78 Å². The number of nitrogens with one attached hydrogen (secondary N) is 1. The second-order valence-electron chi connectivity index (χ2n) is 5.93. The second kappa shape index (κ2) is 7.63. The summed E-state index contributed by atoms with van der Waals surface area (Å²) in [7, 11) is 0. The van der Waals surface area contributed by atoms with Gasteiger partial charge in [0.05, 0.1) is 10.6 Å². The predicted octanol–water partition coefficient (Wildman–Crippen LogP) is 4.24. The summed E-state index contributed by atoms with van der Waals surface area (Å²) in [6.07, 6.45) is 0. The van der Waals surface area contributed by atoms with Crippen molar-refractivity contribution in [3.05, 3.63) is 69.5 Å². The molecule has 27 heavy (non-hydrogen) atoms. The molecule has 0 fully saturated rings. The monoisotopic (exact) mass is 383 g/mol. The SMILES string of the molecule is CCn1nc(-c2ccccc2)c(C(C)=O)c(Nc2ccc(O)c(Cl)c2)c1=O. The van der Waals surface area contributed by atoms with Gasteiger partial charge in [0.2, 0.25) is 0 Å². The van der Waals surface area contributed by atoms with E-state index in [2.05, 4.69) is 10.4 Å². The van der Waals surface area contributed by atoms with E-state index in [-0.39, 0.29) is 27.8 Å². The maximum absolute atomic E-state index is 12.9. The Hall–Kier alpha value is -3.12. The Morgan fingerprint density at radius 1 is 1.22 bits per heavy atom. The minimum atomic E-state index is -0.411. The van der Waals surface area contributed by atoms with Crippen LogP contribution in [0.4, 0.5) is 11.4 Å². The van der Waals surface area contributed by atoms with Crippen LogP contribution in [0.2, 0.25) is 5.02 Å². The molecule has 2 aromatic carbocycles. The van der Waals surface area contributed by atoms with Crippen LogP contribution in [0.15, 0.2) is 53.3 Å². The Morgan fingerprint density at radius 2 is 1.93 bits per heavy atom. The molecule has 0 amide bonds. The van der Waals surface area contributed by atoms with Crippen LogP contribution in [0.25, 0.3) is 11.3 Å². The number of Topliss-reactive ketones (excluding diaryl/α,β-unsaturated/α-hetero) is 1. The first kappa shape index (κ1) is 18.7. The quantitative estimate of drug-likeness (QED) is 0.508. The third-order valence-electron chi connectivity index (χ3n) is 4.07. The highest BCUT2D eigenvalue weighted by molar-refractivity contribution is 6.32. The summed E-state index contributed by atoms with van der Waals surface area (Å²) >= 11 is 5.96. The lowest BCUT2D eigenvalue weighted by molar-refractivity contribution is 0.101. The number of aromatic nitrogens is 2. The summed E-state index contributed by atoms with van der Waals surface area (Å²) in [6.45, 7) is 3.55. The maximum atomic E-state index is 12.9. The van der Waals surface area contributed by atoms with E-state index in [1.54, 1.807) is 13.0 Å². The van der Waals surface area contributed by atoms with Crippen LogP contribution in [0, 0.1) is 0 Å². The molecule has 0 unspecified atom stereocenters. The zero-order valence-electron chi connectivity index (χ0n) is 14.9. The fourth-order valence-corrected chi connectivity index (χ4v) is 2.95. The summed E-state index contributed by atoms with van der Waals surface area (Å²) < 4.78 is 1.30. The number of benzene rings is 2. The second-order valence-corrected chi connectivity index (χ2v) is 6.34. The van der Waals surface area contributed by atoms with E-state index < -0.39 is 5.56 Å². The van der Waals surface area contributed by atoms with Crippen molar-refractivity contribution in [3.8, 4) is 17.0 Å². The average Bonchev–Trinajstić information content (AvgIpc) is 2.66. The van der Waals surface area contributed by atoms with Crippen LogP contribution in [0.3, 0.4) is 0 Å². The zero-order chi connectivity index (χ0) is 19.6. The maximum Gasteiger partial charge on any atom is 0.291 e. The van der Waals surface area contributed by atoms with Gasteiger partial charge in [-0.25, -0.2) is 4.68 Å². The molecule has 1 aromatic heterocycles. The number of rotatable bonds is 5. The molecule has 0 saturated heterocycles. The Labute approximate surface area is 161 Å². The molecule has 0 aliphatic rings. The van der Waals surface area contributed by atoms with Crippen LogP contribution >= 0.6 is 11.6 Å². The number of nitrogens with zero attached hydrogens (tertiary/aromatic N) is 2. The summed E-state index contributed by atoms with van der Waals surface area (Å²) in [5.41, 5.74) is 1.56. The van der Waals surface area contributed by atoms with E-state index in [4.69, 9.17) is 11.6 Å². The number of anilines is 2. The van der Waals surface area contributed by atoms with E-state index in [1.807, 2.05) is 30.3 Å². The molecule has 3 rings (SSSR count). The van der Waals surface area contributed by atoms with Gasteiger partial charge in [0.25, 0.3) is 5.56 Å². The van der Waals surface area contributed by atoms with E-state index in [0.29, 0.717) is 17.9 Å². The normalized spacial score (nSPS) is 10.6. The smallest absolute Gasteiger partial charge is 0.291 e. The number of phenolic OH excluding ortho intramolecular Hbond substituents is 1. The van der Waals surface area contributed by atoms with Crippen LogP contribution in [-0.4, -0.2) is 20.7 Å². The topological polar surface area (TPSA) is 84.2 Å². The predicted molar refractivity (Wildman–Crippen MR) is 106 cm³/mol. The molecule has 0 aliphatic carbocycles. The molecule has 7 heteroatoms. The lowest BCUT2D eigenvalue weighted by Gasteiger charge is -2.16. The zero-order valence-corrected chi connectivity index (χ0v) is 15.6. The highest BCUT2D eigenvalue weighted by Gasteiger charge is 2.22. The molecule has 138 valence electrons. The molecule has 1 heterocycles. The van der Waals surface area contributed by atoms with Crippen molar-refractivity contribution in [1.82, 2.24) is 9.78 Å². The number of ketones is 1. The fraction of sp³-hybridized carbons (Fsp3) is 0.150. The third-order valence-corrected chi connectivity index (χ3v) is 4.37. The number of carbonyl (C=O) groups is 1.